The maximum Gasteiger partial charge on any atom is 0.338 e. The quantitative estimate of drug-likeness (QED) is 0.520. The van der Waals surface area contributed by atoms with Crippen molar-refractivity contribution >= 4 is 29.0 Å². The molecule has 0 aliphatic rings. The van der Waals surface area contributed by atoms with E-state index in [2.05, 4.69) is 0 Å². The van der Waals surface area contributed by atoms with E-state index in [1.165, 1.54) is 19.2 Å². The minimum atomic E-state index is -0.628. The number of Topliss-reactive ketones (excluding diaryl/α,β-unsaturated/α-hetero) is 1. The molecule has 2 aromatic carbocycles. The molecule has 2 aromatic rings. The number of hydrogen-bond acceptors (Lipinski definition) is 5. The smallest absolute Gasteiger partial charge is 0.338 e. The molecule has 0 spiro atoms. The third-order valence-electron chi connectivity index (χ3n) is 2.97. The van der Waals surface area contributed by atoms with Crippen molar-refractivity contribution < 1.29 is 19.1 Å². The minimum Gasteiger partial charge on any atom is -0.495 e. The molecule has 22 heavy (non-hydrogen) atoms. The fourth-order valence-corrected chi connectivity index (χ4v) is 1.92. The molecule has 0 atom stereocenters. The highest BCUT2D eigenvalue weighted by Gasteiger charge is 2.13. The van der Waals surface area contributed by atoms with Gasteiger partial charge >= 0.3 is 5.97 Å². The van der Waals surface area contributed by atoms with Crippen LogP contribution >= 0.6 is 11.6 Å². The standard InChI is InChI=1S/C16H14ClNO4/c1-21-15-7-4-11(8-13(15)18)16(20)22-9-14(19)10-2-5-12(17)6-3-10/h2-8H,9,18H2,1H3. The second kappa shape index (κ2) is 6.95. The number of hydrogen-bond donors (Lipinski definition) is 1. The minimum absolute atomic E-state index is 0.252. The van der Waals surface area contributed by atoms with Crippen molar-refractivity contribution in [3.05, 3.63) is 58.6 Å². The maximum atomic E-state index is 11.9. The molecule has 0 aliphatic heterocycles. The van der Waals surface area contributed by atoms with E-state index in [-0.39, 0.29) is 18.0 Å². The third kappa shape index (κ3) is 3.77. The second-order valence-electron chi connectivity index (χ2n) is 4.46. The van der Waals surface area contributed by atoms with Crippen LogP contribution in [0, 0.1) is 0 Å². The van der Waals surface area contributed by atoms with Crippen molar-refractivity contribution in [3.8, 4) is 5.75 Å². The van der Waals surface area contributed by atoms with Crippen LogP contribution in [0.4, 0.5) is 5.69 Å². The molecule has 0 aromatic heterocycles. The number of rotatable bonds is 5. The molecule has 2 N–H and O–H groups in total. The zero-order chi connectivity index (χ0) is 16.1. The van der Waals surface area contributed by atoms with Crippen molar-refractivity contribution in [3.63, 3.8) is 0 Å². The van der Waals surface area contributed by atoms with E-state index < -0.39 is 5.97 Å². The molecule has 0 unspecified atom stereocenters. The summed E-state index contributed by atoms with van der Waals surface area (Å²) in [7, 11) is 1.48. The summed E-state index contributed by atoms with van der Waals surface area (Å²) < 4.78 is 9.99. The van der Waals surface area contributed by atoms with Gasteiger partial charge in [-0.1, -0.05) is 11.6 Å². The average molecular weight is 320 g/mol. The molecule has 0 aliphatic carbocycles. The average Bonchev–Trinajstić information content (AvgIpc) is 2.52. The van der Waals surface area contributed by atoms with Gasteiger partial charge in [-0.25, -0.2) is 4.79 Å². The Labute approximate surface area is 132 Å². The number of anilines is 1. The lowest BCUT2D eigenvalue weighted by molar-refractivity contribution is 0.0475. The highest BCUT2D eigenvalue weighted by atomic mass is 35.5. The SMILES string of the molecule is COc1ccc(C(=O)OCC(=O)c2ccc(Cl)cc2)cc1N. The Balaban J connectivity index is 1.99. The van der Waals surface area contributed by atoms with E-state index in [1.807, 2.05) is 0 Å². The van der Waals surface area contributed by atoms with Crippen LogP contribution in [0.25, 0.3) is 0 Å². The predicted octanol–water partition coefficient (Wildman–Crippen LogP) is 2.97. The van der Waals surface area contributed by atoms with Crippen LogP contribution < -0.4 is 10.5 Å². The number of methoxy groups -OCH3 is 1. The topological polar surface area (TPSA) is 78.6 Å². The largest absolute Gasteiger partial charge is 0.495 e. The Hall–Kier alpha value is -2.53. The maximum absolute atomic E-state index is 11.9. The molecule has 5 nitrogen and oxygen atoms in total. The summed E-state index contributed by atoms with van der Waals surface area (Å²) in [5.41, 5.74) is 6.71. The number of ketones is 1. The zero-order valence-corrected chi connectivity index (χ0v) is 12.6. The zero-order valence-electron chi connectivity index (χ0n) is 11.8. The third-order valence-corrected chi connectivity index (χ3v) is 3.22. The molecule has 0 fully saturated rings. The summed E-state index contributed by atoms with van der Waals surface area (Å²) in [6, 6.07) is 10.9. The Morgan fingerprint density at radius 1 is 1.09 bits per heavy atom. The number of benzene rings is 2. The van der Waals surface area contributed by atoms with Crippen LogP contribution in [-0.4, -0.2) is 25.5 Å². The van der Waals surface area contributed by atoms with Gasteiger partial charge in [-0.2, -0.15) is 0 Å². The number of nitrogen functional groups attached to an aromatic ring is 1. The van der Waals surface area contributed by atoms with Gasteiger partial charge in [0.25, 0.3) is 0 Å². The van der Waals surface area contributed by atoms with Gasteiger partial charge in [-0.3, -0.25) is 4.79 Å². The predicted molar refractivity (Wildman–Crippen MR) is 83.5 cm³/mol. The van der Waals surface area contributed by atoms with Crippen molar-refractivity contribution in [1.29, 1.82) is 0 Å². The summed E-state index contributed by atoms with van der Waals surface area (Å²) in [5.74, 6) is -0.475. The summed E-state index contributed by atoms with van der Waals surface area (Å²) >= 11 is 5.74. The van der Waals surface area contributed by atoms with Crippen molar-refractivity contribution in [2.24, 2.45) is 0 Å². The molecule has 2 rings (SSSR count). The van der Waals surface area contributed by atoms with E-state index >= 15 is 0 Å². The molecule has 0 amide bonds. The lowest BCUT2D eigenvalue weighted by Crippen LogP contribution is -2.14. The summed E-state index contributed by atoms with van der Waals surface area (Å²) in [6.07, 6.45) is 0. The lowest BCUT2D eigenvalue weighted by atomic mass is 10.1. The first-order valence-corrected chi connectivity index (χ1v) is 6.78. The van der Waals surface area contributed by atoms with Gasteiger partial charge in [0.05, 0.1) is 18.4 Å². The van der Waals surface area contributed by atoms with E-state index in [1.54, 1.807) is 30.3 Å². The van der Waals surface area contributed by atoms with Crippen molar-refractivity contribution in [2.45, 2.75) is 0 Å². The number of esters is 1. The monoisotopic (exact) mass is 319 g/mol. The summed E-state index contributed by atoms with van der Waals surface area (Å²) in [5, 5.41) is 0.530. The highest BCUT2D eigenvalue weighted by molar-refractivity contribution is 6.30. The molecule has 0 radical (unpaired) electrons. The van der Waals surface area contributed by atoms with Gasteiger partial charge in [0, 0.05) is 10.6 Å². The first-order chi connectivity index (χ1) is 10.5. The number of halogens is 1. The Morgan fingerprint density at radius 2 is 1.73 bits per heavy atom. The van der Waals surface area contributed by atoms with Gasteiger partial charge in [0.2, 0.25) is 0 Å². The summed E-state index contributed by atoms with van der Waals surface area (Å²) in [6.45, 7) is -0.355. The molecule has 0 saturated heterocycles. The number of ether oxygens (including phenoxy) is 2. The lowest BCUT2D eigenvalue weighted by Gasteiger charge is -2.07. The molecular formula is C16H14ClNO4. The first kappa shape index (κ1) is 15.9. The first-order valence-electron chi connectivity index (χ1n) is 6.40. The Kier molecular flexibility index (Phi) is 5.01. The number of nitrogens with two attached hydrogens (primary N) is 1. The van der Waals surface area contributed by atoms with Crippen LogP contribution in [-0.2, 0) is 4.74 Å². The van der Waals surface area contributed by atoms with Gasteiger partial charge in [-0.15, -0.1) is 0 Å². The normalized spacial score (nSPS) is 10.1. The molecular weight excluding hydrogens is 306 g/mol. The van der Waals surface area contributed by atoms with Crippen molar-refractivity contribution in [2.75, 3.05) is 19.5 Å². The Bertz CT molecular complexity index is 698. The van der Waals surface area contributed by atoms with E-state index in [4.69, 9.17) is 26.8 Å². The van der Waals surface area contributed by atoms with Crippen LogP contribution in [0.15, 0.2) is 42.5 Å². The van der Waals surface area contributed by atoms with Crippen LogP contribution in [0.1, 0.15) is 20.7 Å². The van der Waals surface area contributed by atoms with Gasteiger partial charge in [0.15, 0.2) is 12.4 Å². The fraction of sp³-hybridized carbons (Fsp3) is 0.125. The number of carbonyl (C=O) groups excluding carboxylic acids is 2. The van der Waals surface area contributed by atoms with Gasteiger partial charge in [-0.05, 0) is 42.5 Å². The second-order valence-corrected chi connectivity index (χ2v) is 4.90. The van der Waals surface area contributed by atoms with Gasteiger partial charge < -0.3 is 15.2 Å². The van der Waals surface area contributed by atoms with Crippen LogP contribution in [0.5, 0.6) is 5.75 Å². The number of carbonyl (C=O) groups is 2. The van der Waals surface area contributed by atoms with E-state index in [0.29, 0.717) is 22.0 Å². The molecule has 114 valence electrons. The van der Waals surface area contributed by atoms with E-state index in [9.17, 15) is 9.59 Å². The molecule has 6 heteroatoms. The Morgan fingerprint density at radius 3 is 2.32 bits per heavy atom. The molecule has 0 saturated carbocycles. The van der Waals surface area contributed by atoms with Gasteiger partial charge in [0.1, 0.15) is 5.75 Å². The summed E-state index contributed by atoms with van der Waals surface area (Å²) in [4.78, 5) is 23.8. The van der Waals surface area contributed by atoms with Crippen molar-refractivity contribution in [1.82, 2.24) is 0 Å². The van der Waals surface area contributed by atoms with Crippen LogP contribution in [0.3, 0.4) is 0 Å². The van der Waals surface area contributed by atoms with E-state index in [0.717, 1.165) is 0 Å². The fourth-order valence-electron chi connectivity index (χ4n) is 1.79. The highest BCUT2D eigenvalue weighted by Crippen LogP contribution is 2.22. The molecule has 0 heterocycles. The van der Waals surface area contributed by atoms with Crippen LogP contribution in [0.2, 0.25) is 5.02 Å². The molecule has 0 bridgehead atoms.